The van der Waals surface area contributed by atoms with Crippen LogP contribution in [0.25, 0.3) is 0 Å². The van der Waals surface area contributed by atoms with Crippen LogP contribution in [0, 0.1) is 0 Å². The molecule has 15 heavy (non-hydrogen) atoms. The molecule has 0 N–H and O–H groups in total. The number of hydrogen-bond donors (Lipinski definition) is 0. The lowest BCUT2D eigenvalue weighted by molar-refractivity contribution is -0.284. The second-order valence-corrected chi connectivity index (χ2v) is 3.51. The summed E-state index contributed by atoms with van der Waals surface area (Å²) in [4.78, 5) is 10.2. The van der Waals surface area contributed by atoms with Gasteiger partial charge in [-0.25, -0.2) is 0 Å². The van der Waals surface area contributed by atoms with Crippen molar-refractivity contribution in [3.8, 4) is 0 Å². The van der Waals surface area contributed by atoms with Gasteiger partial charge in [-0.05, 0) is 6.42 Å². The molecule has 0 saturated heterocycles. The van der Waals surface area contributed by atoms with E-state index in [0.717, 1.165) is 6.92 Å². The first-order valence-corrected chi connectivity index (χ1v) is 4.82. The lowest BCUT2D eigenvalue weighted by Gasteiger charge is -2.18. The average Bonchev–Trinajstić information content (AvgIpc) is 2.00. The molecule has 0 aromatic carbocycles. The van der Waals surface area contributed by atoms with Crippen LogP contribution in [0.5, 0.6) is 0 Å². The Kier molecular flexibility index (Phi) is 5.33. The third-order valence-electron chi connectivity index (χ3n) is 1.31. The predicted molar refractivity (Wildman–Crippen MR) is 44.5 cm³/mol. The zero-order valence-electron chi connectivity index (χ0n) is 7.74. The number of carbonyl (C=O) groups excluding carboxylic acids is 1. The van der Waals surface area contributed by atoms with E-state index < -0.39 is 24.5 Å². The smallest absolute Gasteiger partial charge is 0.392 e. The number of rotatable bonds is 5. The highest BCUT2D eigenvalue weighted by molar-refractivity contribution is 7.95. The molecule has 0 radical (unpaired) electrons. The molecule has 8 heteroatoms. The Balaban J connectivity index is 3.72. The van der Waals surface area contributed by atoms with E-state index in [4.69, 9.17) is 0 Å². The molecule has 0 unspecified atom stereocenters. The van der Waals surface area contributed by atoms with Crippen LogP contribution in [0.3, 0.4) is 0 Å². The molecule has 90 valence electrons. The van der Waals surface area contributed by atoms with Gasteiger partial charge < -0.3 is 4.18 Å². The molecule has 0 aromatic heterocycles. The number of halogens is 5. The maximum atomic E-state index is 12.3. The molecule has 0 amide bonds. The van der Waals surface area contributed by atoms with Gasteiger partial charge in [0.1, 0.15) is 0 Å². The molecular formula is C7H9F5O2S. The molecule has 2 nitrogen and oxygen atoms in total. The minimum absolute atomic E-state index is 0.0920. The lowest BCUT2D eigenvalue weighted by Crippen LogP contribution is -2.36. The van der Waals surface area contributed by atoms with Crippen LogP contribution in [0.1, 0.15) is 19.8 Å². The van der Waals surface area contributed by atoms with Crippen LogP contribution >= 0.6 is 12.0 Å². The van der Waals surface area contributed by atoms with Crippen molar-refractivity contribution in [3.63, 3.8) is 0 Å². The standard InChI is InChI=1S/C7H9F5O2S/c1-5(13)14-15-4-2-3-6(8,9)7(10,11)12/h2-4H2,1H3. The highest BCUT2D eigenvalue weighted by Gasteiger charge is 2.56. The van der Waals surface area contributed by atoms with Crippen molar-refractivity contribution in [3.05, 3.63) is 0 Å². The van der Waals surface area contributed by atoms with Gasteiger partial charge in [-0.1, -0.05) is 0 Å². The zero-order chi connectivity index (χ0) is 12.1. The van der Waals surface area contributed by atoms with Crippen molar-refractivity contribution in [2.24, 2.45) is 0 Å². The summed E-state index contributed by atoms with van der Waals surface area (Å²) < 4.78 is 63.7. The fourth-order valence-electron chi connectivity index (χ4n) is 0.619. The molecule has 0 rings (SSSR count). The van der Waals surface area contributed by atoms with E-state index in [1.165, 1.54) is 0 Å². The molecule has 0 aliphatic rings. The molecule has 0 fully saturated rings. The molecule has 0 heterocycles. The van der Waals surface area contributed by atoms with E-state index >= 15 is 0 Å². The van der Waals surface area contributed by atoms with Crippen molar-refractivity contribution in [2.45, 2.75) is 31.9 Å². The van der Waals surface area contributed by atoms with Gasteiger partial charge >= 0.3 is 18.1 Å². The van der Waals surface area contributed by atoms with E-state index in [0.29, 0.717) is 12.0 Å². The lowest BCUT2D eigenvalue weighted by atomic mass is 10.2. The summed E-state index contributed by atoms with van der Waals surface area (Å²) >= 11 is 0.562. The minimum Gasteiger partial charge on any atom is -0.392 e. The molecule has 0 aliphatic carbocycles. The Hall–Kier alpha value is -0.530. The Morgan fingerprint density at radius 1 is 1.27 bits per heavy atom. The fraction of sp³-hybridized carbons (Fsp3) is 0.857. The maximum Gasteiger partial charge on any atom is 0.453 e. The van der Waals surface area contributed by atoms with E-state index in [1.54, 1.807) is 0 Å². The van der Waals surface area contributed by atoms with Crippen LogP contribution in [-0.4, -0.2) is 23.8 Å². The molecule has 0 bridgehead atoms. The summed E-state index contributed by atoms with van der Waals surface area (Å²) in [6.45, 7) is 1.11. The van der Waals surface area contributed by atoms with Gasteiger partial charge in [0.2, 0.25) is 0 Å². The number of hydrogen-bond acceptors (Lipinski definition) is 3. The van der Waals surface area contributed by atoms with Gasteiger partial charge in [-0.3, -0.25) is 4.79 Å². The fourth-order valence-corrected chi connectivity index (χ4v) is 1.13. The molecule has 0 spiro atoms. The Morgan fingerprint density at radius 2 is 1.80 bits per heavy atom. The van der Waals surface area contributed by atoms with Gasteiger partial charge in [0, 0.05) is 19.1 Å². The number of carbonyl (C=O) groups is 1. The van der Waals surface area contributed by atoms with E-state index in [9.17, 15) is 26.7 Å². The second kappa shape index (κ2) is 5.53. The van der Waals surface area contributed by atoms with Crippen LogP contribution in [0.2, 0.25) is 0 Å². The van der Waals surface area contributed by atoms with Crippen molar-refractivity contribution in [1.29, 1.82) is 0 Å². The summed E-state index contributed by atoms with van der Waals surface area (Å²) in [6.07, 6.45) is -7.20. The van der Waals surface area contributed by atoms with Crippen LogP contribution in [-0.2, 0) is 8.98 Å². The van der Waals surface area contributed by atoms with Crippen molar-refractivity contribution in [2.75, 3.05) is 5.75 Å². The summed E-state index contributed by atoms with van der Waals surface area (Å²) in [6, 6.07) is 0. The first-order chi connectivity index (χ1) is 6.67. The van der Waals surface area contributed by atoms with Crippen molar-refractivity contribution >= 4 is 18.0 Å². The molecule has 0 aliphatic heterocycles. The van der Waals surface area contributed by atoms with Crippen LogP contribution in [0.15, 0.2) is 0 Å². The minimum atomic E-state index is -5.51. The Bertz CT molecular complexity index is 216. The summed E-state index contributed by atoms with van der Waals surface area (Å²) in [5, 5.41) is 0. The van der Waals surface area contributed by atoms with Crippen LogP contribution < -0.4 is 0 Å². The SMILES string of the molecule is CC(=O)OSCCCC(F)(F)C(F)(F)F. The van der Waals surface area contributed by atoms with Gasteiger partial charge in [-0.15, -0.1) is 0 Å². The Morgan fingerprint density at radius 3 is 2.20 bits per heavy atom. The zero-order valence-corrected chi connectivity index (χ0v) is 8.55. The van der Waals surface area contributed by atoms with Gasteiger partial charge in [0.05, 0.1) is 12.0 Å². The summed E-state index contributed by atoms with van der Waals surface area (Å²) in [7, 11) is 0. The Labute approximate surface area is 87.4 Å². The highest BCUT2D eigenvalue weighted by Crippen LogP contribution is 2.38. The summed E-state index contributed by atoms with van der Waals surface area (Å²) in [5.41, 5.74) is 0. The normalized spacial score (nSPS) is 12.7. The molecule has 0 aromatic rings. The van der Waals surface area contributed by atoms with Crippen LogP contribution in [0.4, 0.5) is 22.0 Å². The number of alkyl halides is 5. The first-order valence-electron chi connectivity index (χ1n) is 3.91. The third kappa shape index (κ3) is 5.81. The van der Waals surface area contributed by atoms with Gasteiger partial charge in [-0.2, -0.15) is 22.0 Å². The monoisotopic (exact) mass is 252 g/mol. The quantitative estimate of drug-likeness (QED) is 0.427. The highest BCUT2D eigenvalue weighted by atomic mass is 32.2. The van der Waals surface area contributed by atoms with E-state index in [1.807, 2.05) is 0 Å². The van der Waals surface area contributed by atoms with Crippen molar-refractivity contribution < 1.29 is 30.9 Å². The first kappa shape index (κ1) is 14.5. The molecular weight excluding hydrogens is 243 g/mol. The average molecular weight is 252 g/mol. The third-order valence-corrected chi connectivity index (χ3v) is 2.12. The molecule has 0 saturated carbocycles. The van der Waals surface area contributed by atoms with Gasteiger partial charge in [0.25, 0.3) is 0 Å². The van der Waals surface area contributed by atoms with E-state index in [-0.39, 0.29) is 12.2 Å². The maximum absolute atomic E-state index is 12.3. The molecule has 0 atom stereocenters. The van der Waals surface area contributed by atoms with Gasteiger partial charge in [0.15, 0.2) is 0 Å². The summed E-state index contributed by atoms with van der Waals surface area (Å²) in [5.74, 6) is -5.39. The predicted octanol–water partition coefficient (Wildman–Crippen LogP) is 3.18. The van der Waals surface area contributed by atoms with Crippen molar-refractivity contribution in [1.82, 2.24) is 0 Å². The topological polar surface area (TPSA) is 26.3 Å². The second-order valence-electron chi connectivity index (χ2n) is 2.70. The van der Waals surface area contributed by atoms with E-state index in [2.05, 4.69) is 4.18 Å². The largest absolute Gasteiger partial charge is 0.453 e.